The van der Waals surface area contributed by atoms with Gasteiger partial charge in [0.25, 0.3) is 5.91 Å². The topological polar surface area (TPSA) is 34.0 Å². The molecule has 0 aliphatic heterocycles. The Bertz CT molecular complexity index is 467. The third-order valence-corrected chi connectivity index (χ3v) is 4.73. The van der Waals surface area contributed by atoms with Gasteiger partial charge in [0, 0.05) is 22.8 Å². The zero-order chi connectivity index (χ0) is 14.7. The molecule has 1 amide bonds. The van der Waals surface area contributed by atoms with Gasteiger partial charge in [0.05, 0.1) is 0 Å². The number of halogens is 1. The number of rotatable bonds is 4. The predicted molar refractivity (Wildman–Crippen MR) is 86.0 cm³/mol. The second-order valence-corrected chi connectivity index (χ2v) is 7.07. The molecule has 0 radical (unpaired) electrons. The Balaban J connectivity index is 2.04. The minimum Gasteiger partial charge on any atom is -0.348 e. The van der Waals surface area contributed by atoms with E-state index in [-0.39, 0.29) is 11.9 Å². The molecule has 0 aromatic carbocycles. The van der Waals surface area contributed by atoms with Gasteiger partial charge in [0.15, 0.2) is 0 Å². The van der Waals surface area contributed by atoms with Crippen LogP contribution >= 0.6 is 15.9 Å². The Morgan fingerprint density at radius 2 is 2.25 bits per heavy atom. The van der Waals surface area contributed by atoms with Crippen molar-refractivity contribution in [3.05, 3.63) is 22.4 Å². The van der Waals surface area contributed by atoms with Crippen LogP contribution in [0.3, 0.4) is 0 Å². The zero-order valence-electron chi connectivity index (χ0n) is 12.7. The lowest BCUT2D eigenvalue weighted by Crippen LogP contribution is -2.39. The van der Waals surface area contributed by atoms with Crippen molar-refractivity contribution in [1.29, 1.82) is 0 Å². The van der Waals surface area contributed by atoms with Gasteiger partial charge < -0.3 is 9.88 Å². The van der Waals surface area contributed by atoms with E-state index in [4.69, 9.17) is 0 Å². The van der Waals surface area contributed by atoms with Crippen molar-refractivity contribution in [3.8, 4) is 0 Å². The van der Waals surface area contributed by atoms with Crippen molar-refractivity contribution in [3.63, 3.8) is 0 Å². The molecule has 112 valence electrons. The van der Waals surface area contributed by atoms with E-state index >= 15 is 0 Å². The van der Waals surface area contributed by atoms with E-state index in [0.29, 0.717) is 6.04 Å². The first kappa shape index (κ1) is 15.6. The van der Waals surface area contributed by atoms with Crippen LogP contribution in [0.5, 0.6) is 0 Å². The molecule has 2 unspecified atom stereocenters. The Morgan fingerprint density at radius 3 is 2.90 bits per heavy atom. The molecule has 1 aromatic heterocycles. The second kappa shape index (κ2) is 6.79. The van der Waals surface area contributed by atoms with Gasteiger partial charge in [-0.15, -0.1) is 0 Å². The molecule has 1 aliphatic rings. The summed E-state index contributed by atoms with van der Waals surface area (Å²) in [6.45, 7) is 6.43. The maximum atomic E-state index is 12.5. The SMILES string of the molecule is CCC1CCCC(NC(=O)c2cc(Br)cn2C(C)C)C1. The van der Waals surface area contributed by atoms with Crippen LogP contribution in [0.2, 0.25) is 0 Å². The summed E-state index contributed by atoms with van der Waals surface area (Å²) in [5.41, 5.74) is 0.755. The van der Waals surface area contributed by atoms with Crippen LogP contribution in [0.15, 0.2) is 16.7 Å². The number of carbonyl (C=O) groups excluding carboxylic acids is 1. The van der Waals surface area contributed by atoms with Crippen LogP contribution in [-0.2, 0) is 0 Å². The fourth-order valence-electron chi connectivity index (χ4n) is 3.11. The molecule has 1 aromatic rings. The Kier molecular flexibility index (Phi) is 5.30. The molecular weight excluding hydrogens is 316 g/mol. The maximum absolute atomic E-state index is 12.5. The Labute approximate surface area is 130 Å². The van der Waals surface area contributed by atoms with Crippen molar-refractivity contribution in [2.24, 2.45) is 5.92 Å². The van der Waals surface area contributed by atoms with Crippen molar-refractivity contribution < 1.29 is 4.79 Å². The van der Waals surface area contributed by atoms with E-state index in [0.717, 1.165) is 28.9 Å². The summed E-state index contributed by atoms with van der Waals surface area (Å²) >= 11 is 3.46. The minimum absolute atomic E-state index is 0.0613. The molecule has 1 saturated carbocycles. The number of aromatic nitrogens is 1. The molecule has 2 atom stereocenters. The van der Waals surface area contributed by atoms with Gasteiger partial charge in [-0.05, 0) is 54.6 Å². The smallest absolute Gasteiger partial charge is 0.268 e. The molecule has 0 saturated heterocycles. The highest BCUT2D eigenvalue weighted by atomic mass is 79.9. The number of hydrogen-bond donors (Lipinski definition) is 1. The highest BCUT2D eigenvalue weighted by Crippen LogP contribution is 2.27. The van der Waals surface area contributed by atoms with Crippen LogP contribution in [0.1, 0.15) is 69.4 Å². The first-order valence-corrected chi connectivity index (χ1v) is 8.48. The number of nitrogens with one attached hydrogen (secondary N) is 1. The summed E-state index contributed by atoms with van der Waals surface area (Å²) in [5.74, 6) is 0.837. The largest absolute Gasteiger partial charge is 0.348 e. The number of amides is 1. The molecule has 1 heterocycles. The van der Waals surface area contributed by atoms with E-state index in [1.165, 1.54) is 19.3 Å². The summed E-state index contributed by atoms with van der Waals surface area (Å²) in [6, 6.07) is 2.54. The molecule has 1 fully saturated rings. The summed E-state index contributed by atoms with van der Waals surface area (Å²) in [5, 5.41) is 3.23. The van der Waals surface area contributed by atoms with Gasteiger partial charge in [-0.2, -0.15) is 0 Å². The molecular formula is C16H25BrN2O. The lowest BCUT2D eigenvalue weighted by atomic mass is 9.84. The van der Waals surface area contributed by atoms with E-state index in [1.54, 1.807) is 0 Å². The molecule has 4 heteroatoms. The van der Waals surface area contributed by atoms with Gasteiger partial charge in [-0.25, -0.2) is 0 Å². The lowest BCUT2D eigenvalue weighted by molar-refractivity contribution is 0.0908. The van der Waals surface area contributed by atoms with E-state index < -0.39 is 0 Å². The monoisotopic (exact) mass is 340 g/mol. The Hall–Kier alpha value is -0.770. The summed E-state index contributed by atoms with van der Waals surface area (Å²) < 4.78 is 2.99. The van der Waals surface area contributed by atoms with Crippen molar-refractivity contribution in [2.45, 2.75) is 65.0 Å². The van der Waals surface area contributed by atoms with E-state index in [9.17, 15) is 4.79 Å². The standard InChI is InChI=1S/C16H25BrN2O/c1-4-12-6-5-7-14(8-12)18-16(20)15-9-13(17)10-19(15)11(2)3/h9-12,14H,4-8H2,1-3H3,(H,18,20). The Morgan fingerprint density at radius 1 is 1.50 bits per heavy atom. The van der Waals surface area contributed by atoms with Crippen molar-refractivity contribution in [1.82, 2.24) is 9.88 Å². The molecule has 0 spiro atoms. The second-order valence-electron chi connectivity index (χ2n) is 6.16. The predicted octanol–water partition coefficient (Wildman–Crippen LogP) is 4.53. The zero-order valence-corrected chi connectivity index (χ0v) is 14.2. The lowest BCUT2D eigenvalue weighted by Gasteiger charge is -2.29. The van der Waals surface area contributed by atoms with Crippen LogP contribution < -0.4 is 5.32 Å². The molecule has 0 bridgehead atoms. The van der Waals surface area contributed by atoms with Crippen LogP contribution in [0.4, 0.5) is 0 Å². The molecule has 20 heavy (non-hydrogen) atoms. The number of hydrogen-bond acceptors (Lipinski definition) is 1. The number of carbonyl (C=O) groups is 1. The number of nitrogens with zero attached hydrogens (tertiary/aromatic N) is 1. The van der Waals surface area contributed by atoms with E-state index in [1.807, 2.05) is 16.8 Å². The summed E-state index contributed by atoms with van der Waals surface area (Å²) in [6.07, 6.45) is 8.00. The van der Waals surface area contributed by atoms with Crippen molar-refractivity contribution in [2.75, 3.05) is 0 Å². The first-order chi connectivity index (χ1) is 9.51. The average molecular weight is 341 g/mol. The first-order valence-electron chi connectivity index (χ1n) is 7.69. The van der Waals surface area contributed by atoms with Gasteiger partial charge >= 0.3 is 0 Å². The molecule has 1 aliphatic carbocycles. The highest BCUT2D eigenvalue weighted by molar-refractivity contribution is 9.10. The summed E-state index contributed by atoms with van der Waals surface area (Å²) in [7, 11) is 0. The molecule has 1 N–H and O–H groups in total. The minimum atomic E-state index is 0.0613. The van der Waals surface area contributed by atoms with Gasteiger partial charge in [-0.1, -0.05) is 26.2 Å². The van der Waals surface area contributed by atoms with Crippen LogP contribution in [-0.4, -0.2) is 16.5 Å². The van der Waals surface area contributed by atoms with Crippen LogP contribution in [0.25, 0.3) is 0 Å². The third kappa shape index (κ3) is 3.66. The van der Waals surface area contributed by atoms with Gasteiger partial charge in [-0.3, -0.25) is 4.79 Å². The van der Waals surface area contributed by atoms with Crippen molar-refractivity contribution >= 4 is 21.8 Å². The molecule has 3 nitrogen and oxygen atoms in total. The normalized spacial score (nSPS) is 23.1. The fraction of sp³-hybridized carbons (Fsp3) is 0.688. The molecule has 2 rings (SSSR count). The average Bonchev–Trinajstić information content (AvgIpc) is 2.81. The fourth-order valence-corrected chi connectivity index (χ4v) is 3.54. The van der Waals surface area contributed by atoms with Gasteiger partial charge in [0.2, 0.25) is 0 Å². The van der Waals surface area contributed by atoms with Crippen LogP contribution in [0, 0.1) is 5.92 Å². The highest BCUT2D eigenvalue weighted by Gasteiger charge is 2.24. The maximum Gasteiger partial charge on any atom is 0.268 e. The van der Waals surface area contributed by atoms with E-state index in [2.05, 4.69) is 42.0 Å². The summed E-state index contributed by atoms with van der Waals surface area (Å²) in [4.78, 5) is 12.5. The van der Waals surface area contributed by atoms with Gasteiger partial charge in [0.1, 0.15) is 5.69 Å². The third-order valence-electron chi connectivity index (χ3n) is 4.30. The quantitative estimate of drug-likeness (QED) is 0.858.